The summed E-state index contributed by atoms with van der Waals surface area (Å²) in [7, 11) is 0. The molecule has 0 aliphatic heterocycles. The van der Waals surface area contributed by atoms with Crippen molar-refractivity contribution in [3.63, 3.8) is 0 Å². The van der Waals surface area contributed by atoms with Crippen LogP contribution in [0.1, 0.15) is 24.5 Å². The minimum Gasteiger partial charge on any atom is -0.483 e. The fourth-order valence-corrected chi connectivity index (χ4v) is 3.45. The lowest BCUT2D eigenvalue weighted by Gasteiger charge is -2.10. The second kappa shape index (κ2) is 11.3. The van der Waals surface area contributed by atoms with Crippen LogP contribution < -0.4 is 15.5 Å². The maximum absolute atomic E-state index is 12.0. The summed E-state index contributed by atoms with van der Waals surface area (Å²) in [6, 6.07) is 10.9. The zero-order valence-electron chi connectivity index (χ0n) is 15.9. The van der Waals surface area contributed by atoms with Crippen LogP contribution in [-0.2, 0) is 16.1 Å². The lowest BCUT2D eigenvalue weighted by Crippen LogP contribution is -2.28. The van der Waals surface area contributed by atoms with Crippen LogP contribution in [0.15, 0.2) is 50.4 Å². The van der Waals surface area contributed by atoms with E-state index in [4.69, 9.17) is 16.3 Å². The van der Waals surface area contributed by atoms with Gasteiger partial charge in [0, 0.05) is 21.8 Å². The number of hydrazone groups is 1. The summed E-state index contributed by atoms with van der Waals surface area (Å²) >= 11 is 12.6. The van der Waals surface area contributed by atoms with Crippen molar-refractivity contribution in [3.8, 4) is 5.75 Å². The van der Waals surface area contributed by atoms with Gasteiger partial charge >= 0.3 is 0 Å². The van der Waals surface area contributed by atoms with E-state index >= 15 is 0 Å². The third kappa shape index (κ3) is 8.16. The van der Waals surface area contributed by atoms with Gasteiger partial charge in [-0.15, -0.1) is 0 Å². The Hall–Kier alpha value is -1.90. The molecule has 0 radical (unpaired) electrons. The Morgan fingerprint density at radius 2 is 1.79 bits per heavy atom. The first kappa shape index (κ1) is 23.4. The Balaban J connectivity index is 1.75. The van der Waals surface area contributed by atoms with E-state index in [9.17, 15) is 9.59 Å². The highest BCUT2D eigenvalue weighted by Gasteiger charge is 2.09. The van der Waals surface area contributed by atoms with E-state index in [1.54, 1.807) is 19.1 Å². The van der Waals surface area contributed by atoms with Crippen LogP contribution in [0.5, 0.6) is 5.75 Å². The van der Waals surface area contributed by atoms with Gasteiger partial charge in [0.15, 0.2) is 6.61 Å². The highest BCUT2D eigenvalue weighted by Crippen LogP contribution is 2.31. The molecule has 0 saturated carbocycles. The molecule has 9 heteroatoms. The molecule has 0 aliphatic carbocycles. The number of amides is 2. The van der Waals surface area contributed by atoms with E-state index in [1.165, 1.54) is 0 Å². The van der Waals surface area contributed by atoms with Crippen LogP contribution in [0.4, 0.5) is 0 Å². The molecule has 0 unspecified atom stereocenters. The summed E-state index contributed by atoms with van der Waals surface area (Å²) in [4.78, 5) is 23.9. The number of nitrogens with zero attached hydrogens (tertiary/aromatic N) is 1. The van der Waals surface area contributed by atoms with Gasteiger partial charge < -0.3 is 10.1 Å². The Morgan fingerprint density at radius 1 is 1.10 bits per heavy atom. The van der Waals surface area contributed by atoms with E-state index in [1.807, 2.05) is 31.2 Å². The van der Waals surface area contributed by atoms with Crippen LogP contribution in [0.3, 0.4) is 0 Å². The fourth-order valence-electron chi connectivity index (χ4n) is 2.21. The Labute approximate surface area is 191 Å². The van der Waals surface area contributed by atoms with Gasteiger partial charge in [-0.25, -0.2) is 5.43 Å². The maximum atomic E-state index is 12.0. The quantitative estimate of drug-likeness (QED) is 0.371. The number of rotatable bonds is 8. The summed E-state index contributed by atoms with van der Waals surface area (Å²) in [5, 5.41) is 7.37. The number of nitrogens with one attached hydrogen (secondary N) is 2. The average Bonchev–Trinajstić information content (AvgIpc) is 2.67. The summed E-state index contributed by atoms with van der Waals surface area (Å²) in [5.41, 5.74) is 4.80. The number of hydrogen-bond donors (Lipinski definition) is 2. The van der Waals surface area contributed by atoms with Gasteiger partial charge in [0.2, 0.25) is 5.91 Å². The van der Waals surface area contributed by atoms with Crippen LogP contribution >= 0.6 is 43.5 Å². The molecule has 2 amide bonds. The van der Waals surface area contributed by atoms with Crippen molar-refractivity contribution in [2.45, 2.75) is 26.8 Å². The van der Waals surface area contributed by atoms with Gasteiger partial charge in [0.05, 0.1) is 10.9 Å². The summed E-state index contributed by atoms with van der Waals surface area (Å²) in [6.07, 6.45) is 0.0756. The molecule has 0 bridgehead atoms. The number of carbonyl (C=O) groups is 2. The molecule has 0 saturated heterocycles. The van der Waals surface area contributed by atoms with Gasteiger partial charge in [-0.1, -0.05) is 39.7 Å². The number of benzene rings is 2. The first-order valence-corrected chi connectivity index (χ1v) is 10.6. The molecule has 2 N–H and O–H groups in total. The monoisotopic (exact) mass is 543 g/mol. The van der Waals surface area contributed by atoms with Crippen molar-refractivity contribution in [1.29, 1.82) is 0 Å². The van der Waals surface area contributed by atoms with Crippen molar-refractivity contribution < 1.29 is 14.3 Å². The smallest absolute Gasteiger partial charge is 0.277 e. The second-order valence-corrected chi connectivity index (χ2v) is 8.43. The molecule has 0 heterocycles. The van der Waals surface area contributed by atoms with Crippen molar-refractivity contribution >= 4 is 61.0 Å². The summed E-state index contributed by atoms with van der Waals surface area (Å²) in [5.74, 6) is -0.0532. The number of halogens is 3. The lowest BCUT2D eigenvalue weighted by molar-refractivity contribution is -0.123. The predicted octanol–water partition coefficient (Wildman–Crippen LogP) is 4.75. The largest absolute Gasteiger partial charge is 0.483 e. The first-order valence-electron chi connectivity index (χ1n) is 8.66. The Bertz CT molecular complexity index is 918. The van der Waals surface area contributed by atoms with Crippen LogP contribution in [0.2, 0.25) is 5.02 Å². The van der Waals surface area contributed by atoms with Crippen molar-refractivity contribution in [3.05, 3.63) is 61.5 Å². The van der Waals surface area contributed by atoms with Gasteiger partial charge in [-0.05, 0) is 65.2 Å². The van der Waals surface area contributed by atoms with Crippen LogP contribution in [0, 0.1) is 6.92 Å². The second-order valence-electron chi connectivity index (χ2n) is 6.28. The molecule has 2 rings (SSSR count). The molecule has 2 aromatic carbocycles. The predicted molar refractivity (Wildman–Crippen MR) is 121 cm³/mol. The van der Waals surface area contributed by atoms with Crippen molar-refractivity contribution in [2.75, 3.05) is 6.61 Å². The number of aryl methyl sites for hydroxylation is 1. The van der Waals surface area contributed by atoms with Gasteiger partial charge in [-0.3, -0.25) is 9.59 Å². The van der Waals surface area contributed by atoms with E-state index in [0.717, 1.165) is 20.1 Å². The number of hydrogen-bond acceptors (Lipinski definition) is 4. The first-order chi connectivity index (χ1) is 13.7. The fraction of sp³-hybridized carbons (Fsp3) is 0.250. The van der Waals surface area contributed by atoms with Gasteiger partial charge in [-0.2, -0.15) is 5.10 Å². The lowest BCUT2D eigenvalue weighted by atomic mass is 10.2. The zero-order valence-corrected chi connectivity index (χ0v) is 19.8. The standard InChI is InChI=1S/C20H20Br2ClN3O3/c1-12-7-18(17(22)9-16(12)21)29-11-20(28)26-25-13(2)8-19(27)24-10-14-3-5-15(23)6-4-14/h3-7,9H,8,10-11H2,1-2H3,(H,24,27)(H,26,28)/b25-13+. The molecule has 154 valence electrons. The van der Waals surface area contributed by atoms with Crippen molar-refractivity contribution in [1.82, 2.24) is 10.7 Å². The topological polar surface area (TPSA) is 79.8 Å². The summed E-state index contributed by atoms with van der Waals surface area (Å²) < 4.78 is 7.18. The molecule has 6 nitrogen and oxygen atoms in total. The van der Waals surface area contributed by atoms with Crippen LogP contribution in [-0.4, -0.2) is 24.1 Å². The minimum atomic E-state index is -0.418. The van der Waals surface area contributed by atoms with Gasteiger partial charge in [0.25, 0.3) is 5.91 Å². The third-order valence-corrected chi connectivity index (χ3v) is 5.49. The van der Waals surface area contributed by atoms with Crippen molar-refractivity contribution in [2.24, 2.45) is 5.10 Å². The average molecular weight is 546 g/mol. The molecular formula is C20H20Br2ClN3O3. The molecule has 0 fully saturated rings. The Morgan fingerprint density at radius 3 is 2.48 bits per heavy atom. The van der Waals surface area contributed by atoms with E-state index in [2.05, 4.69) is 47.7 Å². The molecule has 0 aliphatic rings. The molecule has 0 spiro atoms. The molecule has 2 aromatic rings. The highest BCUT2D eigenvalue weighted by molar-refractivity contribution is 9.11. The van der Waals surface area contributed by atoms with Gasteiger partial charge in [0.1, 0.15) is 5.75 Å². The SMILES string of the molecule is C/C(CC(=O)NCc1ccc(Cl)cc1)=N\NC(=O)COc1cc(C)c(Br)cc1Br. The maximum Gasteiger partial charge on any atom is 0.277 e. The molecule has 0 atom stereocenters. The number of ether oxygens (including phenoxy) is 1. The Kier molecular flexibility index (Phi) is 9.13. The minimum absolute atomic E-state index is 0.0756. The molecule has 29 heavy (non-hydrogen) atoms. The normalized spacial score (nSPS) is 11.1. The van der Waals surface area contributed by atoms with E-state index in [-0.39, 0.29) is 18.9 Å². The molecule has 0 aromatic heterocycles. The number of carbonyl (C=O) groups excluding carboxylic acids is 2. The third-order valence-electron chi connectivity index (χ3n) is 3.76. The van der Waals surface area contributed by atoms with E-state index < -0.39 is 5.91 Å². The molecular weight excluding hydrogens is 525 g/mol. The zero-order chi connectivity index (χ0) is 21.4. The highest BCUT2D eigenvalue weighted by atomic mass is 79.9. The van der Waals surface area contributed by atoms with E-state index in [0.29, 0.717) is 23.0 Å². The summed E-state index contributed by atoms with van der Waals surface area (Å²) in [6.45, 7) is 3.79. The van der Waals surface area contributed by atoms with Crippen LogP contribution in [0.25, 0.3) is 0 Å².